The number of hydrogen-bond acceptors (Lipinski definition) is 6. The summed E-state index contributed by atoms with van der Waals surface area (Å²) in [4.78, 5) is 15.4. The maximum Gasteiger partial charge on any atom is 0.335 e. The van der Waals surface area contributed by atoms with Gasteiger partial charge in [-0.2, -0.15) is 0 Å². The average molecular weight is 331 g/mol. The Labute approximate surface area is 137 Å². The van der Waals surface area contributed by atoms with Gasteiger partial charge in [0.15, 0.2) is 0 Å². The molecule has 0 saturated carbocycles. The van der Waals surface area contributed by atoms with Crippen LogP contribution in [0.5, 0.6) is 0 Å². The topological polar surface area (TPSA) is 109 Å². The van der Waals surface area contributed by atoms with Gasteiger partial charge in [0, 0.05) is 5.39 Å². The van der Waals surface area contributed by atoms with Gasteiger partial charge in [0.1, 0.15) is 18.3 Å². The SMILES string of the molecule is O=C(O)c1ccc2ccc(CO[C@@H]3C=CO[C@H](CO)[C@@H]3O)nc2c1. The van der Waals surface area contributed by atoms with Crippen molar-refractivity contribution in [2.24, 2.45) is 0 Å². The molecule has 0 spiro atoms. The Kier molecular flexibility index (Phi) is 4.75. The maximum absolute atomic E-state index is 11.0. The fourth-order valence-corrected chi connectivity index (χ4v) is 2.49. The van der Waals surface area contributed by atoms with Crippen LogP contribution >= 0.6 is 0 Å². The largest absolute Gasteiger partial charge is 0.493 e. The third kappa shape index (κ3) is 3.38. The molecule has 0 fully saturated rings. The number of aliphatic hydroxyl groups is 2. The number of fused-ring (bicyclic) bond motifs is 1. The van der Waals surface area contributed by atoms with Gasteiger partial charge in [0.2, 0.25) is 0 Å². The second-order valence-electron chi connectivity index (χ2n) is 5.47. The molecule has 0 bridgehead atoms. The number of aliphatic hydroxyl groups excluding tert-OH is 2. The summed E-state index contributed by atoms with van der Waals surface area (Å²) in [5.41, 5.74) is 1.34. The molecule has 2 aromatic rings. The number of hydrogen-bond donors (Lipinski definition) is 3. The van der Waals surface area contributed by atoms with E-state index in [1.165, 1.54) is 18.4 Å². The number of pyridine rings is 1. The van der Waals surface area contributed by atoms with Crippen molar-refractivity contribution in [1.29, 1.82) is 0 Å². The minimum atomic E-state index is -1.01. The predicted molar refractivity (Wildman–Crippen MR) is 84.4 cm³/mol. The zero-order valence-corrected chi connectivity index (χ0v) is 12.7. The molecule has 1 aromatic heterocycles. The molecule has 1 aliphatic rings. The Hall–Kier alpha value is -2.48. The standard InChI is InChI=1S/C17H17NO6/c19-8-15-16(20)14(5-6-23-15)24-9-12-4-3-10-1-2-11(17(21)22)7-13(10)18-12/h1-7,14-16,19-20H,8-9H2,(H,21,22)/t14-,15-,16-/m1/s1. The van der Waals surface area contributed by atoms with Gasteiger partial charge >= 0.3 is 5.97 Å². The van der Waals surface area contributed by atoms with E-state index >= 15 is 0 Å². The first-order valence-electron chi connectivity index (χ1n) is 7.44. The molecule has 1 aliphatic heterocycles. The van der Waals surface area contributed by atoms with Crippen molar-refractivity contribution < 1.29 is 29.6 Å². The van der Waals surface area contributed by atoms with Crippen LogP contribution in [0.15, 0.2) is 42.7 Å². The van der Waals surface area contributed by atoms with E-state index in [0.29, 0.717) is 11.2 Å². The van der Waals surface area contributed by atoms with Crippen molar-refractivity contribution in [3.63, 3.8) is 0 Å². The monoisotopic (exact) mass is 331 g/mol. The molecule has 2 heterocycles. The van der Waals surface area contributed by atoms with Crippen molar-refractivity contribution in [2.45, 2.75) is 24.9 Å². The molecule has 0 unspecified atom stereocenters. The highest BCUT2D eigenvalue weighted by Gasteiger charge is 2.30. The van der Waals surface area contributed by atoms with Crippen LogP contribution in [-0.2, 0) is 16.1 Å². The highest BCUT2D eigenvalue weighted by atomic mass is 16.5. The van der Waals surface area contributed by atoms with Crippen molar-refractivity contribution in [1.82, 2.24) is 4.98 Å². The van der Waals surface area contributed by atoms with Gasteiger partial charge < -0.3 is 24.8 Å². The van der Waals surface area contributed by atoms with Crippen LogP contribution in [-0.4, -0.2) is 51.2 Å². The molecule has 0 radical (unpaired) electrons. The number of carboxylic acid groups (broad SMARTS) is 1. The number of benzene rings is 1. The van der Waals surface area contributed by atoms with Crippen LogP contribution in [0, 0.1) is 0 Å². The van der Waals surface area contributed by atoms with Gasteiger partial charge in [-0.25, -0.2) is 4.79 Å². The fraction of sp³-hybridized carbons (Fsp3) is 0.294. The first-order chi connectivity index (χ1) is 11.6. The van der Waals surface area contributed by atoms with Gasteiger partial charge in [-0.05, 0) is 24.3 Å². The molecule has 3 rings (SSSR count). The van der Waals surface area contributed by atoms with Crippen molar-refractivity contribution in [3.05, 3.63) is 53.9 Å². The van der Waals surface area contributed by atoms with Gasteiger partial charge in [0.25, 0.3) is 0 Å². The summed E-state index contributed by atoms with van der Waals surface area (Å²) in [6.07, 6.45) is 0.659. The lowest BCUT2D eigenvalue weighted by Crippen LogP contribution is -2.43. The number of aromatic carboxylic acids is 1. The lowest BCUT2D eigenvalue weighted by molar-refractivity contribution is -0.106. The molecule has 0 aliphatic carbocycles. The van der Waals surface area contributed by atoms with Crippen LogP contribution in [0.1, 0.15) is 16.1 Å². The van der Waals surface area contributed by atoms with Crippen LogP contribution in [0.3, 0.4) is 0 Å². The molecule has 3 N–H and O–H groups in total. The zero-order chi connectivity index (χ0) is 17.1. The minimum absolute atomic E-state index is 0.136. The molecule has 1 aromatic carbocycles. The van der Waals surface area contributed by atoms with Gasteiger partial charge in [-0.1, -0.05) is 12.1 Å². The highest BCUT2D eigenvalue weighted by Crippen LogP contribution is 2.18. The Bertz CT molecular complexity index is 775. The van der Waals surface area contributed by atoms with Gasteiger partial charge in [-0.15, -0.1) is 0 Å². The maximum atomic E-state index is 11.0. The van der Waals surface area contributed by atoms with Crippen LogP contribution in [0.2, 0.25) is 0 Å². The van der Waals surface area contributed by atoms with Gasteiger partial charge in [-0.3, -0.25) is 4.98 Å². The molecular formula is C17H17NO6. The molecule has 0 amide bonds. The summed E-state index contributed by atoms with van der Waals surface area (Å²) in [6.45, 7) is -0.172. The van der Waals surface area contributed by atoms with Crippen molar-refractivity contribution in [2.75, 3.05) is 6.61 Å². The third-order valence-electron chi connectivity index (χ3n) is 3.84. The van der Waals surface area contributed by atoms with E-state index in [9.17, 15) is 9.90 Å². The first-order valence-corrected chi connectivity index (χ1v) is 7.44. The molecule has 7 nitrogen and oxygen atoms in total. The molecule has 3 atom stereocenters. The fourth-order valence-electron chi connectivity index (χ4n) is 2.49. The summed E-state index contributed by atoms with van der Waals surface area (Å²) in [5.74, 6) is -1.01. The Morgan fingerprint density at radius 3 is 2.83 bits per heavy atom. The van der Waals surface area contributed by atoms with E-state index in [1.807, 2.05) is 6.07 Å². The molecular weight excluding hydrogens is 314 g/mol. The zero-order valence-electron chi connectivity index (χ0n) is 12.7. The predicted octanol–water partition coefficient (Wildman–Crippen LogP) is 1.08. The number of aromatic nitrogens is 1. The summed E-state index contributed by atoms with van der Waals surface area (Å²) >= 11 is 0. The number of carboxylic acids is 1. The first kappa shape index (κ1) is 16.4. The Morgan fingerprint density at radius 1 is 1.29 bits per heavy atom. The lowest BCUT2D eigenvalue weighted by atomic mass is 10.1. The van der Waals surface area contributed by atoms with Crippen LogP contribution < -0.4 is 0 Å². The van der Waals surface area contributed by atoms with Crippen molar-refractivity contribution in [3.8, 4) is 0 Å². The van der Waals surface area contributed by atoms with Crippen LogP contribution in [0.4, 0.5) is 0 Å². The second kappa shape index (κ2) is 6.96. The van der Waals surface area contributed by atoms with Gasteiger partial charge in [0.05, 0.1) is 36.2 Å². The molecule has 24 heavy (non-hydrogen) atoms. The van der Waals surface area contributed by atoms with E-state index in [1.54, 1.807) is 18.2 Å². The Balaban J connectivity index is 1.74. The summed E-state index contributed by atoms with van der Waals surface area (Å²) < 4.78 is 10.7. The summed E-state index contributed by atoms with van der Waals surface area (Å²) in [7, 11) is 0. The molecule has 7 heteroatoms. The summed E-state index contributed by atoms with van der Waals surface area (Å²) in [6, 6.07) is 8.35. The van der Waals surface area contributed by atoms with E-state index < -0.39 is 24.3 Å². The minimum Gasteiger partial charge on any atom is -0.493 e. The quantitative estimate of drug-likeness (QED) is 0.752. The van der Waals surface area contributed by atoms with Crippen LogP contribution in [0.25, 0.3) is 10.9 Å². The molecule has 126 valence electrons. The third-order valence-corrected chi connectivity index (χ3v) is 3.84. The lowest BCUT2D eigenvalue weighted by Gasteiger charge is -2.29. The second-order valence-corrected chi connectivity index (χ2v) is 5.47. The number of nitrogens with zero attached hydrogens (tertiary/aromatic N) is 1. The highest BCUT2D eigenvalue weighted by molar-refractivity contribution is 5.93. The normalized spacial score (nSPS) is 23.2. The molecule has 0 saturated heterocycles. The smallest absolute Gasteiger partial charge is 0.335 e. The number of rotatable bonds is 5. The average Bonchev–Trinajstić information content (AvgIpc) is 2.60. The summed E-state index contributed by atoms with van der Waals surface area (Å²) in [5, 5.41) is 29.0. The van der Waals surface area contributed by atoms with E-state index in [0.717, 1.165) is 5.39 Å². The number of carbonyl (C=O) groups is 1. The number of ether oxygens (including phenoxy) is 2. The Morgan fingerprint density at radius 2 is 2.08 bits per heavy atom. The van der Waals surface area contributed by atoms with E-state index in [2.05, 4.69) is 4.98 Å². The van der Waals surface area contributed by atoms with Crippen molar-refractivity contribution >= 4 is 16.9 Å². The van der Waals surface area contributed by atoms with E-state index in [4.69, 9.17) is 19.7 Å². The van der Waals surface area contributed by atoms with E-state index in [-0.39, 0.29) is 18.8 Å².